The lowest BCUT2D eigenvalue weighted by Crippen LogP contribution is -2.24. The number of hydrogen-bond acceptors (Lipinski definition) is 5. The molecule has 6 heteroatoms. The highest BCUT2D eigenvalue weighted by Crippen LogP contribution is 2.33. The molecule has 0 radical (unpaired) electrons. The zero-order chi connectivity index (χ0) is 30.1. The summed E-state index contributed by atoms with van der Waals surface area (Å²) < 4.78 is 11.3. The molecule has 1 amide bonds. The zero-order valence-corrected chi connectivity index (χ0v) is 24.6. The lowest BCUT2D eigenvalue weighted by molar-refractivity contribution is -0.146. The predicted octanol–water partition coefficient (Wildman–Crippen LogP) is 8.04. The molecule has 1 unspecified atom stereocenters. The maximum Gasteiger partial charge on any atom is 0.306 e. The van der Waals surface area contributed by atoms with Gasteiger partial charge in [-0.2, -0.15) is 0 Å². The second kappa shape index (κ2) is 13.8. The van der Waals surface area contributed by atoms with E-state index in [1.54, 1.807) is 43.3 Å². The fourth-order valence-corrected chi connectivity index (χ4v) is 4.58. The van der Waals surface area contributed by atoms with Crippen LogP contribution in [0.3, 0.4) is 0 Å². The van der Waals surface area contributed by atoms with Gasteiger partial charge in [-0.1, -0.05) is 86.1 Å². The second-order valence-electron chi connectivity index (χ2n) is 10.9. The molecule has 4 aromatic rings. The van der Waals surface area contributed by atoms with Crippen LogP contribution >= 0.6 is 0 Å². The van der Waals surface area contributed by atoms with Crippen molar-refractivity contribution in [2.24, 2.45) is 0 Å². The van der Waals surface area contributed by atoms with Crippen LogP contribution in [-0.2, 0) is 19.7 Å². The zero-order valence-electron chi connectivity index (χ0n) is 24.6. The minimum absolute atomic E-state index is 0.0486. The number of carbonyl (C=O) groups excluding carboxylic acids is 3. The molecule has 0 fully saturated rings. The number of esters is 1. The molecule has 4 rings (SSSR count). The minimum atomic E-state index is -0.881. The predicted molar refractivity (Wildman–Crippen MR) is 165 cm³/mol. The molecular formula is C36H37NO5. The first-order chi connectivity index (χ1) is 20.1. The fraction of sp³-hybridized carbons (Fsp3) is 0.250. The summed E-state index contributed by atoms with van der Waals surface area (Å²) in [6.07, 6.45) is -0.366. The molecule has 1 atom stereocenters. The molecule has 1 N–H and O–H groups in total. The standard InChI is InChI=1S/C36H37NO5/c1-25-13-15-27(16-14-25)35(40)26(2)41-34(39)12-8-11-33(38)37-30-19-23-32(24-20-30)42-31-21-17-29(18-22-31)36(3,4)28-9-6-5-7-10-28/h5-7,9-10,13-24,26H,8,11-12H2,1-4H3,(H,37,38). The molecule has 0 saturated heterocycles. The van der Waals surface area contributed by atoms with Crippen LogP contribution in [0, 0.1) is 6.92 Å². The Balaban J connectivity index is 1.20. The number of anilines is 1. The number of rotatable bonds is 12. The van der Waals surface area contributed by atoms with Gasteiger partial charge in [0, 0.05) is 29.5 Å². The summed E-state index contributed by atoms with van der Waals surface area (Å²) in [5, 5.41) is 2.83. The van der Waals surface area contributed by atoms with Gasteiger partial charge in [-0.05, 0) is 67.8 Å². The SMILES string of the molecule is Cc1ccc(C(=O)C(C)OC(=O)CCCC(=O)Nc2ccc(Oc3ccc(C(C)(C)c4ccccc4)cc3)cc2)cc1. The van der Waals surface area contributed by atoms with Gasteiger partial charge in [0.05, 0.1) is 0 Å². The molecule has 42 heavy (non-hydrogen) atoms. The lowest BCUT2D eigenvalue weighted by atomic mass is 9.78. The van der Waals surface area contributed by atoms with E-state index in [-0.39, 0.29) is 29.9 Å². The van der Waals surface area contributed by atoms with Crippen LogP contribution in [-0.4, -0.2) is 23.8 Å². The molecule has 0 aromatic heterocycles. The van der Waals surface area contributed by atoms with Crippen molar-refractivity contribution in [3.8, 4) is 11.5 Å². The molecule has 0 aliphatic heterocycles. The third-order valence-corrected chi connectivity index (χ3v) is 7.24. The summed E-state index contributed by atoms with van der Waals surface area (Å²) in [4.78, 5) is 37.0. The van der Waals surface area contributed by atoms with E-state index in [1.807, 2.05) is 37.3 Å². The Kier molecular flexibility index (Phi) is 9.92. The van der Waals surface area contributed by atoms with Crippen LogP contribution in [0.5, 0.6) is 11.5 Å². The Hall–Kier alpha value is -4.71. The van der Waals surface area contributed by atoms with Gasteiger partial charge in [-0.15, -0.1) is 0 Å². The Morgan fingerprint density at radius 3 is 1.93 bits per heavy atom. The average Bonchev–Trinajstić information content (AvgIpc) is 2.99. The van der Waals surface area contributed by atoms with E-state index >= 15 is 0 Å². The summed E-state index contributed by atoms with van der Waals surface area (Å²) in [6.45, 7) is 7.90. The number of Topliss-reactive ketones (excluding diaryl/α,β-unsaturated/α-hetero) is 1. The van der Waals surface area contributed by atoms with E-state index in [0.717, 1.165) is 11.3 Å². The van der Waals surface area contributed by atoms with Gasteiger partial charge in [0.15, 0.2) is 6.10 Å². The largest absolute Gasteiger partial charge is 0.457 e. The van der Waals surface area contributed by atoms with Crippen molar-refractivity contribution in [3.63, 3.8) is 0 Å². The van der Waals surface area contributed by atoms with Gasteiger partial charge >= 0.3 is 5.97 Å². The van der Waals surface area contributed by atoms with Crippen LogP contribution in [0.2, 0.25) is 0 Å². The molecule has 0 aliphatic rings. The van der Waals surface area contributed by atoms with Crippen LogP contribution < -0.4 is 10.1 Å². The number of hydrogen-bond donors (Lipinski definition) is 1. The highest BCUT2D eigenvalue weighted by Gasteiger charge is 2.23. The van der Waals surface area contributed by atoms with Gasteiger partial charge in [0.1, 0.15) is 11.5 Å². The number of benzene rings is 4. The van der Waals surface area contributed by atoms with Crippen molar-refractivity contribution in [1.82, 2.24) is 0 Å². The minimum Gasteiger partial charge on any atom is -0.457 e. The van der Waals surface area contributed by atoms with E-state index in [0.29, 0.717) is 23.4 Å². The van der Waals surface area contributed by atoms with Crippen LogP contribution in [0.4, 0.5) is 5.69 Å². The van der Waals surface area contributed by atoms with Crippen LogP contribution in [0.25, 0.3) is 0 Å². The molecule has 4 aromatic carbocycles. The van der Waals surface area contributed by atoms with Crippen molar-refractivity contribution >= 4 is 23.3 Å². The quantitative estimate of drug-likeness (QED) is 0.139. The number of nitrogens with one attached hydrogen (secondary N) is 1. The Labute approximate surface area is 247 Å². The normalized spacial score (nSPS) is 11.8. The number of ketones is 1. The molecule has 0 spiro atoms. The Morgan fingerprint density at radius 1 is 0.738 bits per heavy atom. The Bertz CT molecular complexity index is 1490. The summed E-state index contributed by atoms with van der Waals surface area (Å²) in [5.41, 5.74) is 4.49. The number of aryl methyl sites for hydroxylation is 1. The summed E-state index contributed by atoms with van der Waals surface area (Å²) in [7, 11) is 0. The second-order valence-corrected chi connectivity index (χ2v) is 10.9. The summed E-state index contributed by atoms with van der Waals surface area (Å²) >= 11 is 0. The number of carbonyl (C=O) groups is 3. The van der Waals surface area contributed by atoms with Gasteiger partial charge in [-0.25, -0.2) is 0 Å². The first-order valence-electron chi connectivity index (χ1n) is 14.2. The van der Waals surface area contributed by atoms with Gasteiger partial charge in [-0.3, -0.25) is 14.4 Å². The van der Waals surface area contributed by atoms with E-state index < -0.39 is 12.1 Å². The molecule has 0 bridgehead atoms. The smallest absolute Gasteiger partial charge is 0.306 e. The van der Waals surface area contributed by atoms with Crippen molar-refractivity contribution < 1.29 is 23.9 Å². The number of ether oxygens (including phenoxy) is 2. The number of amides is 1. The van der Waals surface area contributed by atoms with Crippen molar-refractivity contribution in [2.45, 2.75) is 58.5 Å². The maximum atomic E-state index is 12.5. The molecule has 216 valence electrons. The van der Waals surface area contributed by atoms with E-state index in [2.05, 4.69) is 55.6 Å². The average molecular weight is 564 g/mol. The van der Waals surface area contributed by atoms with Crippen LogP contribution in [0.1, 0.15) is 67.1 Å². The first-order valence-corrected chi connectivity index (χ1v) is 14.2. The highest BCUT2D eigenvalue weighted by atomic mass is 16.5. The maximum absolute atomic E-state index is 12.5. The van der Waals surface area contributed by atoms with Gasteiger partial charge in [0.25, 0.3) is 0 Å². The third kappa shape index (κ3) is 8.16. The molecule has 0 heterocycles. The Morgan fingerprint density at radius 2 is 1.31 bits per heavy atom. The molecule has 6 nitrogen and oxygen atoms in total. The van der Waals surface area contributed by atoms with Crippen molar-refractivity contribution in [1.29, 1.82) is 0 Å². The van der Waals surface area contributed by atoms with Crippen LogP contribution in [0.15, 0.2) is 103 Å². The molecule has 0 aliphatic carbocycles. The van der Waals surface area contributed by atoms with Crippen molar-refractivity contribution in [3.05, 3.63) is 125 Å². The topological polar surface area (TPSA) is 81.7 Å². The van der Waals surface area contributed by atoms with E-state index in [1.165, 1.54) is 11.1 Å². The highest BCUT2D eigenvalue weighted by molar-refractivity contribution is 6.00. The summed E-state index contributed by atoms with van der Waals surface area (Å²) in [5.74, 6) is 0.407. The summed E-state index contributed by atoms with van der Waals surface area (Å²) in [6, 6.07) is 32.7. The first kappa shape index (κ1) is 30.3. The third-order valence-electron chi connectivity index (χ3n) is 7.24. The van der Waals surface area contributed by atoms with Gasteiger partial charge < -0.3 is 14.8 Å². The fourth-order valence-electron chi connectivity index (χ4n) is 4.58. The van der Waals surface area contributed by atoms with E-state index in [4.69, 9.17) is 9.47 Å². The monoisotopic (exact) mass is 563 g/mol. The molecular weight excluding hydrogens is 526 g/mol. The van der Waals surface area contributed by atoms with Gasteiger partial charge in [0.2, 0.25) is 11.7 Å². The molecule has 0 saturated carbocycles. The lowest BCUT2D eigenvalue weighted by Gasteiger charge is -2.26. The van der Waals surface area contributed by atoms with Crippen molar-refractivity contribution in [2.75, 3.05) is 5.32 Å². The van der Waals surface area contributed by atoms with E-state index in [9.17, 15) is 14.4 Å².